The fourth-order valence-electron chi connectivity index (χ4n) is 0.840. The van der Waals surface area contributed by atoms with E-state index in [-0.39, 0.29) is 40.4 Å². The van der Waals surface area contributed by atoms with Crippen LogP contribution in [0.5, 0.6) is 0 Å². The molecule has 0 radical (unpaired) electrons. The Bertz CT molecular complexity index is 166. The number of carboxylic acid groups (broad SMARTS) is 1. The first kappa shape index (κ1) is 14.8. The number of carbonyl (C=O) groups is 1. The zero-order chi connectivity index (χ0) is 7.78. The molecule has 1 heterocycles. The molecule has 1 aliphatic rings. The van der Waals surface area contributed by atoms with Gasteiger partial charge in [-0.1, -0.05) is 0 Å². The van der Waals surface area contributed by atoms with Gasteiger partial charge < -0.3 is 14.6 Å². The third-order valence-corrected chi connectivity index (χ3v) is 1.41. The van der Waals surface area contributed by atoms with Crippen LogP contribution in [0.2, 0.25) is 0 Å². The van der Waals surface area contributed by atoms with E-state index in [2.05, 4.69) is 0 Å². The Labute approximate surface area is 91.9 Å². The second-order valence-corrected chi connectivity index (χ2v) is 2.49. The van der Waals surface area contributed by atoms with Crippen LogP contribution in [0.3, 0.4) is 0 Å². The Hall–Kier alpha value is 0.320. The first-order chi connectivity index (χ1) is 4.54. The van der Waals surface area contributed by atoms with Crippen molar-refractivity contribution in [1.82, 2.24) is 0 Å². The normalized spacial score (nSPS) is 33.3. The van der Waals surface area contributed by atoms with E-state index in [9.17, 15) is 4.79 Å². The SMILES string of the molecule is CC1COC(C)(C(=O)O)O1.F.[NaH]. The number of halogens is 1. The Morgan fingerprint density at radius 3 is 2.33 bits per heavy atom. The van der Waals surface area contributed by atoms with Gasteiger partial charge in [-0.3, -0.25) is 4.70 Å². The molecule has 2 atom stereocenters. The molecule has 1 aliphatic heterocycles. The quantitative estimate of drug-likeness (QED) is 0.578. The molecule has 1 saturated heterocycles. The van der Waals surface area contributed by atoms with Crippen molar-refractivity contribution in [3.63, 3.8) is 0 Å². The summed E-state index contributed by atoms with van der Waals surface area (Å²) in [4.78, 5) is 10.4. The molecule has 6 heteroatoms. The van der Waals surface area contributed by atoms with E-state index >= 15 is 0 Å². The van der Waals surface area contributed by atoms with E-state index in [1.807, 2.05) is 0 Å². The molecule has 4 nitrogen and oxygen atoms in total. The summed E-state index contributed by atoms with van der Waals surface area (Å²) in [6.07, 6.45) is -0.124. The molecule has 0 aromatic heterocycles. The third kappa shape index (κ3) is 2.99. The molecule has 68 valence electrons. The van der Waals surface area contributed by atoms with Crippen molar-refractivity contribution in [3.05, 3.63) is 0 Å². The number of hydrogen-bond acceptors (Lipinski definition) is 3. The van der Waals surface area contributed by atoms with Crippen molar-refractivity contribution < 1.29 is 24.1 Å². The van der Waals surface area contributed by atoms with Gasteiger partial charge in [0.05, 0.1) is 12.7 Å². The van der Waals surface area contributed by atoms with Gasteiger partial charge in [0.15, 0.2) is 0 Å². The van der Waals surface area contributed by atoms with E-state index in [1.54, 1.807) is 6.92 Å². The number of aliphatic carboxylic acids is 1. The van der Waals surface area contributed by atoms with Crippen LogP contribution in [-0.2, 0) is 14.3 Å². The van der Waals surface area contributed by atoms with Gasteiger partial charge in [-0.2, -0.15) is 0 Å². The van der Waals surface area contributed by atoms with Crippen molar-refractivity contribution in [1.29, 1.82) is 0 Å². The molecular formula is C6H12FNaO4. The fraction of sp³-hybridized carbons (Fsp3) is 0.833. The standard InChI is InChI=1S/C6H10O4.FH.Na.H/c1-4-3-9-6(2,10-4)5(7)8;;;/h4H,3H2,1-2H3,(H,7,8);1H;;. The first-order valence-electron chi connectivity index (χ1n) is 3.10. The zero-order valence-electron chi connectivity index (χ0n) is 6.36. The first-order valence-corrected chi connectivity index (χ1v) is 3.10. The fourth-order valence-corrected chi connectivity index (χ4v) is 0.840. The maximum absolute atomic E-state index is 10.4. The molecule has 0 saturated carbocycles. The van der Waals surface area contributed by atoms with Crippen molar-refractivity contribution in [2.75, 3.05) is 6.61 Å². The summed E-state index contributed by atoms with van der Waals surface area (Å²) in [5.41, 5.74) is 0. The second-order valence-electron chi connectivity index (χ2n) is 2.49. The van der Waals surface area contributed by atoms with Crippen LogP contribution in [0.15, 0.2) is 0 Å². The molecule has 1 fully saturated rings. The van der Waals surface area contributed by atoms with Crippen LogP contribution in [0.4, 0.5) is 4.70 Å². The summed E-state index contributed by atoms with van der Waals surface area (Å²) in [5.74, 6) is -2.49. The monoisotopic (exact) mass is 190 g/mol. The van der Waals surface area contributed by atoms with Crippen molar-refractivity contribution in [2.24, 2.45) is 0 Å². The van der Waals surface area contributed by atoms with Gasteiger partial charge in [0.25, 0.3) is 5.79 Å². The van der Waals surface area contributed by atoms with Crippen LogP contribution >= 0.6 is 0 Å². The molecule has 2 unspecified atom stereocenters. The van der Waals surface area contributed by atoms with Crippen LogP contribution in [-0.4, -0.2) is 59.1 Å². The van der Waals surface area contributed by atoms with Gasteiger partial charge in [0.2, 0.25) is 0 Å². The summed E-state index contributed by atoms with van der Waals surface area (Å²) >= 11 is 0. The maximum atomic E-state index is 10.4. The van der Waals surface area contributed by atoms with Gasteiger partial charge in [-0.15, -0.1) is 0 Å². The predicted molar refractivity (Wildman–Crippen MR) is 42.2 cm³/mol. The molecule has 0 aromatic rings. The third-order valence-electron chi connectivity index (χ3n) is 1.41. The van der Waals surface area contributed by atoms with Gasteiger partial charge in [-0.25, -0.2) is 4.79 Å². The summed E-state index contributed by atoms with van der Waals surface area (Å²) in [7, 11) is 0. The molecule has 0 amide bonds. The van der Waals surface area contributed by atoms with Crippen LogP contribution in [0.1, 0.15) is 13.8 Å². The van der Waals surface area contributed by atoms with Gasteiger partial charge in [0, 0.05) is 6.92 Å². The van der Waals surface area contributed by atoms with Crippen molar-refractivity contribution in [2.45, 2.75) is 25.7 Å². The number of hydrogen-bond donors (Lipinski definition) is 1. The van der Waals surface area contributed by atoms with Crippen molar-refractivity contribution in [3.8, 4) is 0 Å². The number of ether oxygens (including phenoxy) is 2. The summed E-state index contributed by atoms with van der Waals surface area (Å²) in [6, 6.07) is 0. The van der Waals surface area contributed by atoms with E-state index < -0.39 is 11.8 Å². The summed E-state index contributed by atoms with van der Waals surface area (Å²) in [5, 5.41) is 8.54. The minimum absolute atomic E-state index is 0. The van der Waals surface area contributed by atoms with Gasteiger partial charge >= 0.3 is 35.5 Å². The molecule has 0 aliphatic carbocycles. The molecule has 1 N–H and O–H groups in total. The van der Waals surface area contributed by atoms with E-state index in [0.29, 0.717) is 6.61 Å². The van der Waals surface area contributed by atoms with Crippen LogP contribution in [0, 0.1) is 0 Å². The molecule has 0 spiro atoms. The molecule has 1 rings (SSSR count). The average Bonchev–Trinajstić information content (AvgIpc) is 2.13. The predicted octanol–water partition coefficient (Wildman–Crippen LogP) is -0.274. The molecular weight excluding hydrogens is 178 g/mol. The summed E-state index contributed by atoms with van der Waals surface area (Å²) < 4.78 is 9.88. The second kappa shape index (κ2) is 5.14. The molecule has 0 bridgehead atoms. The van der Waals surface area contributed by atoms with Crippen molar-refractivity contribution >= 4 is 35.5 Å². The average molecular weight is 190 g/mol. The van der Waals surface area contributed by atoms with E-state index in [1.165, 1.54) is 6.92 Å². The molecule has 12 heavy (non-hydrogen) atoms. The van der Waals surface area contributed by atoms with Crippen LogP contribution in [0.25, 0.3) is 0 Å². The Kier molecular flexibility index (Phi) is 6.35. The molecule has 0 aromatic carbocycles. The number of carboxylic acids is 1. The zero-order valence-corrected chi connectivity index (χ0v) is 6.36. The Morgan fingerprint density at radius 2 is 2.17 bits per heavy atom. The number of rotatable bonds is 1. The Morgan fingerprint density at radius 1 is 1.67 bits per heavy atom. The summed E-state index contributed by atoms with van der Waals surface area (Å²) in [6.45, 7) is 3.52. The minimum atomic E-state index is -1.42. The van der Waals surface area contributed by atoms with E-state index in [0.717, 1.165) is 0 Å². The van der Waals surface area contributed by atoms with Crippen LogP contribution < -0.4 is 0 Å². The van der Waals surface area contributed by atoms with E-state index in [4.69, 9.17) is 14.6 Å². The topological polar surface area (TPSA) is 55.8 Å². The van der Waals surface area contributed by atoms with Gasteiger partial charge in [0.1, 0.15) is 0 Å². The Balaban J connectivity index is 0. The van der Waals surface area contributed by atoms with Gasteiger partial charge in [-0.05, 0) is 6.92 Å².